The summed E-state index contributed by atoms with van der Waals surface area (Å²) < 4.78 is 0. The lowest BCUT2D eigenvalue weighted by Crippen LogP contribution is -2.12. The molecule has 0 saturated heterocycles. The second kappa shape index (κ2) is 5.33. The van der Waals surface area contributed by atoms with E-state index in [1.54, 1.807) is 12.3 Å². The van der Waals surface area contributed by atoms with Crippen LogP contribution < -0.4 is 10.6 Å². The summed E-state index contributed by atoms with van der Waals surface area (Å²) in [7, 11) is 0. The largest absolute Gasteiger partial charge is 0.367 e. The van der Waals surface area contributed by atoms with E-state index < -0.39 is 0 Å². The minimum Gasteiger partial charge on any atom is -0.367 e. The number of aromatic nitrogens is 1. The van der Waals surface area contributed by atoms with Crippen LogP contribution in [0.5, 0.6) is 0 Å². The maximum absolute atomic E-state index is 12.1. The Morgan fingerprint density at radius 1 is 1.25 bits per heavy atom. The highest BCUT2D eigenvalue weighted by Crippen LogP contribution is 2.23. The second-order valence-corrected chi connectivity index (χ2v) is 5.17. The van der Waals surface area contributed by atoms with E-state index in [1.807, 2.05) is 37.3 Å². The quantitative estimate of drug-likeness (QED) is 0.894. The Kier molecular flexibility index (Phi) is 3.37. The van der Waals surface area contributed by atoms with Crippen LogP contribution in [0.4, 0.5) is 11.5 Å². The number of nitrogens with one attached hydrogen (secondary N) is 2. The summed E-state index contributed by atoms with van der Waals surface area (Å²) >= 11 is 0. The van der Waals surface area contributed by atoms with Crippen LogP contribution in [0, 0.1) is 6.92 Å². The first-order valence-electron chi connectivity index (χ1n) is 6.81. The van der Waals surface area contributed by atoms with Gasteiger partial charge in [0, 0.05) is 17.9 Å². The Morgan fingerprint density at radius 2 is 2.10 bits per heavy atom. The van der Waals surface area contributed by atoms with Crippen LogP contribution in [0.15, 0.2) is 42.6 Å². The summed E-state index contributed by atoms with van der Waals surface area (Å²) in [4.78, 5) is 16.4. The lowest BCUT2D eigenvalue weighted by Gasteiger charge is -2.07. The van der Waals surface area contributed by atoms with E-state index >= 15 is 0 Å². The lowest BCUT2D eigenvalue weighted by atomic mass is 10.2. The van der Waals surface area contributed by atoms with E-state index in [4.69, 9.17) is 0 Å². The van der Waals surface area contributed by atoms with E-state index in [0.717, 1.165) is 17.1 Å². The van der Waals surface area contributed by atoms with Gasteiger partial charge in [0.1, 0.15) is 5.82 Å². The molecule has 102 valence electrons. The molecular formula is C16H17N3O. The van der Waals surface area contributed by atoms with Crippen molar-refractivity contribution < 1.29 is 4.79 Å². The van der Waals surface area contributed by atoms with Crippen molar-refractivity contribution in [1.29, 1.82) is 0 Å². The number of amides is 1. The predicted molar refractivity (Wildman–Crippen MR) is 80.0 cm³/mol. The summed E-state index contributed by atoms with van der Waals surface area (Å²) in [5, 5.41) is 6.17. The first-order valence-corrected chi connectivity index (χ1v) is 6.81. The zero-order valence-electron chi connectivity index (χ0n) is 11.4. The van der Waals surface area contributed by atoms with Gasteiger partial charge in [-0.3, -0.25) is 4.79 Å². The molecule has 1 aromatic heterocycles. The van der Waals surface area contributed by atoms with Crippen LogP contribution in [0.25, 0.3) is 0 Å². The highest BCUT2D eigenvalue weighted by atomic mass is 16.1. The number of aryl methyl sites for hydroxylation is 1. The Hall–Kier alpha value is -2.36. The van der Waals surface area contributed by atoms with Crippen LogP contribution >= 0.6 is 0 Å². The lowest BCUT2D eigenvalue weighted by molar-refractivity contribution is 0.102. The fourth-order valence-corrected chi connectivity index (χ4v) is 1.98. The van der Waals surface area contributed by atoms with Gasteiger partial charge in [0.25, 0.3) is 5.91 Å². The number of rotatable bonds is 4. The third-order valence-corrected chi connectivity index (χ3v) is 3.23. The first kappa shape index (κ1) is 12.7. The smallest absolute Gasteiger partial charge is 0.257 e. The van der Waals surface area contributed by atoms with Crippen molar-refractivity contribution in [2.45, 2.75) is 25.8 Å². The van der Waals surface area contributed by atoms with Crippen LogP contribution in [-0.2, 0) is 0 Å². The monoisotopic (exact) mass is 267 g/mol. The molecule has 0 atom stereocenters. The number of anilines is 2. The van der Waals surface area contributed by atoms with E-state index in [-0.39, 0.29) is 5.91 Å². The zero-order chi connectivity index (χ0) is 13.9. The van der Waals surface area contributed by atoms with Gasteiger partial charge in [-0.05, 0) is 49.6 Å². The Morgan fingerprint density at radius 3 is 2.75 bits per heavy atom. The van der Waals surface area contributed by atoms with Gasteiger partial charge in [0.15, 0.2) is 0 Å². The molecule has 0 unspecified atom stereocenters. The molecule has 1 aromatic carbocycles. The average molecular weight is 267 g/mol. The third-order valence-electron chi connectivity index (χ3n) is 3.23. The van der Waals surface area contributed by atoms with E-state index in [1.165, 1.54) is 12.8 Å². The number of carbonyl (C=O) groups is 1. The summed E-state index contributed by atoms with van der Waals surface area (Å²) in [6, 6.07) is 11.9. The highest BCUT2D eigenvalue weighted by Gasteiger charge is 2.21. The van der Waals surface area contributed by atoms with Crippen LogP contribution in [-0.4, -0.2) is 16.9 Å². The fraction of sp³-hybridized carbons (Fsp3) is 0.250. The van der Waals surface area contributed by atoms with Crippen molar-refractivity contribution in [2.24, 2.45) is 0 Å². The molecule has 1 saturated carbocycles. The van der Waals surface area contributed by atoms with Crippen molar-refractivity contribution >= 4 is 17.4 Å². The maximum atomic E-state index is 12.1. The molecule has 1 fully saturated rings. The molecule has 2 aromatic rings. The van der Waals surface area contributed by atoms with Gasteiger partial charge < -0.3 is 10.6 Å². The molecule has 0 bridgehead atoms. The fourth-order valence-electron chi connectivity index (χ4n) is 1.98. The standard InChI is InChI=1S/C16H17N3O/c1-11-3-2-4-14(9-11)19-16(20)12-5-8-15(17-10-12)18-13-6-7-13/h2-5,8-10,13H,6-7H2,1H3,(H,17,18)(H,19,20). The summed E-state index contributed by atoms with van der Waals surface area (Å²) in [6.07, 6.45) is 4.02. The van der Waals surface area contributed by atoms with Crippen LogP contribution in [0.3, 0.4) is 0 Å². The van der Waals surface area contributed by atoms with E-state index in [2.05, 4.69) is 15.6 Å². The SMILES string of the molecule is Cc1cccc(NC(=O)c2ccc(NC3CC3)nc2)c1. The van der Waals surface area contributed by atoms with Gasteiger partial charge in [-0.25, -0.2) is 4.98 Å². The van der Waals surface area contributed by atoms with Gasteiger partial charge >= 0.3 is 0 Å². The Balaban J connectivity index is 1.66. The number of hydrogen-bond donors (Lipinski definition) is 2. The Labute approximate surface area is 118 Å². The number of benzene rings is 1. The van der Waals surface area contributed by atoms with E-state index in [0.29, 0.717) is 11.6 Å². The van der Waals surface area contributed by atoms with Crippen molar-refractivity contribution in [1.82, 2.24) is 4.98 Å². The van der Waals surface area contributed by atoms with Gasteiger partial charge in [-0.1, -0.05) is 12.1 Å². The molecule has 1 aliphatic rings. The molecule has 1 heterocycles. The normalized spacial score (nSPS) is 13.8. The van der Waals surface area contributed by atoms with Gasteiger partial charge in [-0.2, -0.15) is 0 Å². The summed E-state index contributed by atoms with van der Waals surface area (Å²) in [6.45, 7) is 2.00. The summed E-state index contributed by atoms with van der Waals surface area (Å²) in [5.41, 5.74) is 2.48. The van der Waals surface area contributed by atoms with Gasteiger partial charge in [0.05, 0.1) is 5.56 Å². The Bertz CT molecular complexity index is 618. The molecule has 0 radical (unpaired) electrons. The van der Waals surface area contributed by atoms with Crippen molar-refractivity contribution in [3.05, 3.63) is 53.7 Å². The molecule has 20 heavy (non-hydrogen) atoms. The number of carbonyl (C=O) groups excluding carboxylic acids is 1. The minimum absolute atomic E-state index is 0.138. The maximum Gasteiger partial charge on any atom is 0.257 e. The summed E-state index contributed by atoms with van der Waals surface area (Å²) in [5.74, 6) is 0.695. The van der Waals surface area contributed by atoms with Crippen molar-refractivity contribution in [2.75, 3.05) is 10.6 Å². The number of hydrogen-bond acceptors (Lipinski definition) is 3. The first-order chi connectivity index (χ1) is 9.70. The zero-order valence-corrected chi connectivity index (χ0v) is 11.4. The molecule has 0 aliphatic heterocycles. The molecule has 4 heteroatoms. The molecule has 2 N–H and O–H groups in total. The second-order valence-electron chi connectivity index (χ2n) is 5.17. The highest BCUT2D eigenvalue weighted by molar-refractivity contribution is 6.04. The average Bonchev–Trinajstić information content (AvgIpc) is 3.23. The minimum atomic E-state index is -0.138. The molecule has 0 spiro atoms. The number of nitrogens with zero attached hydrogens (tertiary/aromatic N) is 1. The third kappa shape index (κ3) is 3.15. The van der Waals surface area contributed by atoms with Crippen molar-refractivity contribution in [3.63, 3.8) is 0 Å². The van der Waals surface area contributed by atoms with E-state index in [9.17, 15) is 4.79 Å². The van der Waals surface area contributed by atoms with Gasteiger partial charge in [0.2, 0.25) is 0 Å². The molecule has 4 nitrogen and oxygen atoms in total. The van der Waals surface area contributed by atoms with Gasteiger partial charge in [-0.15, -0.1) is 0 Å². The molecule has 3 rings (SSSR count). The number of pyridine rings is 1. The van der Waals surface area contributed by atoms with Crippen molar-refractivity contribution in [3.8, 4) is 0 Å². The van der Waals surface area contributed by atoms with Crippen LogP contribution in [0.2, 0.25) is 0 Å². The molecule has 1 amide bonds. The molecule has 1 aliphatic carbocycles. The predicted octanol–water partition coefficient (Wildman–Crippen LogP) is 3.22. The topological polar surface area (TPSA) is 54.0 Å². The van der Waals surface area contributed by atoms with Crippen LogP contribution in [0.1, 0.15) is 28.8 Å². The molecular weight excluding hydrogens is 250 g/mol.